The molecule has 9 heteroatoms. The Labute approximate surface area is 268 Å². The SMILES string of the molecule is Cc1cc2occ(C3NC(Cc4ccc5ccccc5c4)(C(=O)O)C4C(=O)N(C/C=C\c5ccccc5)C(=O)C34)c(=O)c2cc1Cl. The topological polar surface area (TPSA) is 117 Å². The lowest BCUT2D eigenvalue weighted by atomic mass is 9.76. The Balaban J connectivity index is 1.34. The molecule has 7 rings (SSSR count). The van der Waals surface area contributed by atoms with Gasteiger partial charge in [0.05, 0.1) is 35.1 Å². The number of rotatable bonds is 7. The zero-order valence-electron chi connectivity index (χ0n) is 24.8. The molecule has 0 radical (unpaired) electrons. The van der Waals surface area contributed by atoms with Crippen LogP contribution in [-0.4, -0.2) is 39.9 Å². The van der Waals surface area contributed by atoms with Crippen molar-refractivity contribution in [1.82, 2.24) is 10.2 Å². The normalized spacial score (nSPS) is 22.7. The summed E-state index contributed by atoms with van der Waals surface area (Å²) >= 11 is 6.35. The standard InChI is InChI=1S/C37H29ClN2O6/c1-21-16-29-26(18-28(21)38)33(41)27(20-46-29)32-30-31(35(43)40(34(30)42)15-7-10-22-8-3-2-4-9-22)37(39-32,36(44)45)19-23-13-14-24-11-5-6-12-25(24)17-23/h2-14,16-18,20,30-32,39H,15,19H2,1H3,(H,44,45)/b10-7-. The Kier molecular flexibility index (Phi) is 7.34. The highest BCUT2D eigenvalue weighted by molar-refractivity contribution is 6.32. The van der Waals surface area contributed by atoms with Crippen molar-refractivity contribution in [2.75, 3.05) is 6.54 Å². The van der Waals surface area contributed by atoms with E-state index in [4.69, 9.17) is 16.0 Å². The third-order valence-electron chi connectivity index (χ3n) is 9.24. The number of amides is 2. The maximum absolute atomic E-state index is 14.2. The Morgan fingerprint density at radius 1 is 0.978 bits per heavy atom. The summed E-state index contributed by atoms with van der Waals surface area (Å²) < 4.78 is 5.85. The van der Waals surface area contributed by atoms with E-state index >= 15 is 0 Å². The molecule has 2 amide bonds. The van der Waals surface area contributed by atoms with Crippen molar-refractivity contribution in [2.24, 2.45) is 11.8 Å². The summed E-state index contributed by atoms with van der Waals surface area (Å²) in [7, 11) is 0. The number of carbonyl (C=O) groups excluding carboxylic acids is 2. The molecule has 8 nitrogen and oxygen atoms in total. The Hall–Kier alpha value is -5.05. The van der Waals surface area contributed by atoms with Crippen molar-refractivity contribution < 1.29 is 23.9 Å². The fourth-order valence-electron chi connectivity index (χ4n) is 6.95. The van der Waals surface area contributed by atoms with Crippen LogP contribution in [0.3, 0.4) is 0 Å². The predicted molar refractivity (Wildman–Crippen MR) is 175 cm³/mol. The number of likely N-dealkylation sites (tertiary alicyclic amines) is 1. The van der Waals surface area contributed by atoms with Gasteiger partial charge in [0.25, 0.3) is 0 Å². The Morgan fingerprint density at radius 3 is 2.48 bits per heavy atom. The average Bonchev–Trinajstić information content (AvgIpc) is 3.52. The molecule has 46 heavy (non-hydrogen) atoms. The van der Waals surface area contributed by atoms with Crippen LogP contribution in [0.15, 0.2) is 106 Å². The second kappa shape index (κ2) is 11.4. The summed E-state index contributed by atoms with van der Waals surface area (Å²) in [4.78, 5) is 56.7. The summed E-state index contributed by atoms with van der Waals surface area (Å²) in [5.74, 6) is -4.88. The van der Waals surface area contributed by atoms with Crippen LogP contribution in [0.5, 0.6) is 0 Å². The van der Waals surface area contributed by atoms with Gasteiger partial charge in [0.1, 0.15) is 11.1 Å². The average molecular weight is 633 g/mol. The number of hydrogen-bond acceptors (Lipinski definition) is 6. The zero-order chi connectivity index (χ0) is 32.2. The number of nitrogens with zero attached hydrogens (tertiary/aromatic N) is 1. The first-order valence-electron chi connectivity index (χ1n) is 14.9. The van der Waals surface area contributed by atoms with Crippen LogP contribution in [0, 0.1) is 18.8 Å². The minimum atomic E-state index is -1.89. The molecule has 0 aliphatic carbocycles. The number of nitrogens with one attached hydrogen (secondary N) is 1. The van der Waals surface area contributed by atoms with E-state index in [0.717, 1.165) is 26.8 Å². The molecule has 4 atom stereocenters. The van der Waals surface area contributed by atoms with E-state index in [-0.39, 0.29) is 23.9 Å². The van der Waals surface area contributed by atoms with Crippen molar-refractivity contribution in [3.8, 4) is 0 Å². The van der Waals surface area contributed by atoms with Crippen molar-refractivity contribution in [1.29, 1.82) is 0 Å². The van der Waals surface area contributed by atoms with Crippen LogP contribution in [0.2, 0.25) is 5.02 Å². The lowest BCUT2D eigenvalue weighted by molar-refractivity contribution is -0.151. The Morgan fingerprint density at radius 2 is 1.72 bits per heavy atom. The summed E-state index contributed by atoms with van der Waals surface area (Å²) in [6.07, 6.45) is 4.67. The number of halogens is 1. The molecule has 0 bridgehead atoms. The van der Waals surface area contributed by atoms with Crippen LogP contribution < -0.4 is 10.7 Å². The molecule has 2 aliphatic heterocycles. The fraction of sp³-hybridized carbons (Fsp3) is 0.189. The molecule has 4 unspecified atom stereocenters. The van der Waals surface area contributed by atoms with Crippen molar-refractivity contribution in [3.63, 3.8) is 0 Å². The molecule has 0 saturated carbocycles. The maximum atomic E-state index is 14.2. The molecule has 2 fully saturated rings. The first-order valence-corrected chi connectivity index (χ1v) is 15.3. The van der Waals surface area contributed by atoms with Gasteiger partial charge in [-0.05, 0) is 46.5 Å². The summed E-state index contributed by atoms with van der Waals surface area (Å²) in [5.41, 5.74) is 0.311. The largest absolute Gasteiger partial charge is 0.480 e. The third kappa shape index (κ3) is 4.81. The minimum Gasteiger partial charge on any atom is -0.480 e. The minimum absolute atomic E-state index is 0.0425. The van der Waals surface area contributed by atoms with Crippen LogP contribution in [0.1, 0.15) is 28.3 Å². The first kappa shape index (κ1) is 29.6. The maximum Gasteiger partial charge on any atom is 0.325 e. The number of aryl methyl sites for hydroxylation is 1. The van der Waals surface area contributed by atoms with E-state index in [1.54, 1.807) is 25.1 Å². The quantitative estimate of drug-likeness (QED) is 0.214. The van der Waals surface area contributed by atoms with Crippen molar-refractivity contribution in [3.05, 3.63) is 135 Å². The van der Waals surface area contributed by atoms with Gasteiger partial charge in [-0.2, -0.15) is 0 Å². The predicted octanol–water partition coefficient (Wildman–Crippen LogP) is 5.93. The highest BCUT2D eigenvalue weighted by Gasteiger charge is 2.68. The molecule has 2 N–H and O–H groups in total. The highest BCUT2D eigenvalue weighted by atomic mass is 35.5. The van der Waals surface area contributed by atoms with E-state index in [1.807, 2.05) is 72.8 Å². The fourth-order valence-corrected chi connectivity index (χ4v) is 7.12. The van der Waals surface area contributed by atoms with Gasteiger partial charge >= 0.3 is 5.97 Å². The molecule has 0 spiro atoms. The Bertz CT molecular complexity index is 2140. The van der Waals surface area contributed by atoms with E-state index < -0.39 is 46.6 Å². The van der Waals surface area contributed by atoms with Gasteiger partial charge in [-0.25, -0.2) is 0 Å². The second-order valence-electron chi connectivity index (χ2n) is 12.0. The van der Waals surface area contributed by atoms with Crippen LogP contribution in [-0.2, 0) is 20.8 Å². The van der Waals surface area contributed by atoms with Crippen LogP contribution in [0.4, 0.5) is 0 Å². The van der Waals surface area contributed by atoms with Gasteiger partial charge in [-0.15, -0.1) is 0 Å². The van der Waals surface area contributed by atoms with E-state index in [0.29, 0.717) is 16.2 Å². The monoisotopic (exact) mass is 632 g/mol. The summed E-state index contributed by atoms with van der Waals surface area (Å²) in [6.45, 7) is 1.75. The van der Waals surface area contributed by atoms with Crippen LogP contribution in [0.25, 0.3) is 27.8 Å². The van der Waals surface area contributed by atoms with Gasteiger partial charge in [0.2, 0.25) is 11.8 Å². The van der Waals surface area contributed by atoms with Crippen molar-refractivity contribution in [2.45, 2.75) is 24.9 Å². The van der Waals surface area contributed by atoms with Crippen molar-refractivity contribution >= 4 is 57.2 Å². The van der Waals surface area contributed by atoms with Gasteiger partial charge < -0.3 is 9.52 Å². The number of imide groups is 1. The van der Waals surface area contributed by atoms with E-state index in [2.05, 4.69) is 5.32 Å². The number of carbonyl (C=O) groups is 3. The summed E-state index contributed by atoms with van der Waals surface area (Å²) in [6, 6.07) is 24.8. The van der Waals surface area contributed by atoms with Crippen LogP contribution >= 0.6 is 11.6 Å². The highest BCUT2D eigenvalue weighted by Crippen LogP contribution is 2.50. The van der Waals surface area contributed by atoms with Gasteiger partial charge in [-0.1, -0.05) is 96.5 Å². The van der Waals surface area contributed by atoms with Gasteiger partial charge in [0, 0.05) is 18.0 Å². The molecule has 230 valence electrons. The number of fused-ring (bicyclic) bond motifs is 3. The molecule has 4 aromatic carbocycles. The molecular formula is C37H29ClN2O6. The molecular weight excluding hydrogens is 604 g/mol. The number of carboxylic acids is 1. The summed E-state index contributed by atoms with van der Waals surface area (Å²) in [5, 5.41) is 16.5. The molecule has 5 aromatic rings. The molecule has 2 aliphatic rings. The third-order valence-corrected chi connectivity index (χ3v) is 9.64. The molecule has 1 aromatic heterocycles. The number of aliphatic carboxylic acids is 1. The van der Waals surface area contributed by atoms with E-state index in [9.17, 15) is 24.3 Å². The lowest BCUT2D eigenvalue weighted by Crippen LogP contribution is -2.57. The van der Waals surface area contributed by atoms with Gasteiger partial charge in [0.15, 0.2) is 5.43 Å². The zero-order valence-corrected chi connectivity index (χ0v) is 25.5. The smallest absolute Gasteiger partial charge is 0.325 e. The molecule has 3 heterocycles. The lowest BCUT2D eigenvalue weighted by Gasteiger charge is -2.31. The number of carboxylic acid groups (broad SMARTS) is 1. The van der Waals surface area contributed by atoms with E-state index in [1.165, 1.54) is 12.3 Å². The molecule has 2 saturated heterocycles. The van der Waals surface area contributed by atoms with Gasteiger partial charge in [-0.3, -0.25) is 29.4 Å². The first-order chi connectivity index (χ1) is 22.2. The number of benzene rings is 4. The number of hydrogen-bond donors (Lipinski definition) is 2. The second-order valence-corrected chi connectivity index (χ2v) is 12.4.